The van der Waals surface area contributed by atoms with Crippen molar-refractivity contribution in [2.45, 2.75) is 0 Å². The summed E-state index contributed by atoms with van der Waals surface area (Å²) < 4.78 is 1.68. The Kier molecular flexibility index (Phi) is 1.92. The minimum Gasteiger partial charge on any atom is -0.282 e. The zero-order chi connectivity index (χ0) is 11.8. The van der Waals surface area contributed by atoms with Gasteiger partial charge in [-0.3, -0.25) is 4.79 Å². The molecule has 0 saturated heterocycles. The molecule has 0 bridgehead atoms. The van der Waals surface area contributed by atoms with Crippen molar-refractivity contribution in [1.29, 1.82) is 5.26 Å². The maximum Gasteiger partial charge on any atom is 0.283 e. The van der Waals surface area contributed by atoms with Crippen LogP contribution in [0.5, 0.6) is 0 Å². The molecule has 0 spiro atoms. The summed E-state index contributed by atoms with van der Waals surface area (Å²) in [4.78, 5) is 12.2. The van der Waals surface area contributed by atoms with Gasteiger partial charge in [0, 0.05) is 12.1 Å². The van der Waals surface area contributed by atoms with E-state index in [1.165, 1.54) is 0 Å². The molecule has 0 saturated carbocycles. The third-order valence-electron chi connectivity index (χ3n) is 2.73. The third kappa shape index (κ3) is 1.37. The van der Waals surface area contributed by atoms with Gasteiger partial charge in [-0.05, 0) is 24.3 Å². The predicted molar refractivity (Wildman–Crippen MR) is 62.4 cm³/mol. The number of pyridine rings is 1. The number of hydrogen-bond donors (Lipinski definition) is 1. The number of benzene rings is 1. The number of fused-ring (bicyclic) bond motifs is 2. The molecule has 4 nitrogen and oxygen atoms in total. The number of aromatic amines is 1. The summed E-state index contributed by atoms with van der Waals surface area (Å²) in [6, 6.07) is 12.5. The van der Waals surface area contributed by atoms with Crippen LogP contribution >= 0.6 is 0 Å². The van der Waals surface area contributed by atoms with Crippen LogP contribution in [0, 0.1) is 11.3 Å². The maximum absolute atomic E-state index is 12.2. The summed E-state index contributed by atoms with van der Waals surface area (Å²) in [7, 11) is 0. The predicted octanol–water partition coefficient (Wildman–Crippen LogP) is 1.14. The summed E-state index contributed by atoms with van der Waals surface area (Å²) >= 11 is 0. The van der Waals surface area contributed by atoms with Crippen molar-refractivity contribution in [3.63, 3.8) is 0 Å². The number of aromatic nitrogens is 2. The van der Waals surface area contributed by atoms with Crippen LogP contribution < -0.4 is 9.94 Å². The Balaban J connectivity index is 2.57. The largest absolute Gasteiger partial charge is 0.283 e. The first-order chi connectivity index (χ1) is 8.29. The van der Waals surface area contributed by atoms with E-state index in [2.05, 4.69) is 5.10 Å². The topological polar surface area (TPSA) is 60.8 Å². The van der Waals surface area contributed by atoms with Gasteiger partial charge < -0.3 is 0 Å². The van der Waals surface area contributed by atoms with Gasteiger partial charge in [-0.25, -0.2) is 0 Å². The maximum atomic E-state index is 12.2. The molecule has 1 N–H and O–H groups in total. The van der Waals surface area contributed by atoms with E-state index in [-0.39, 0.29) is 5.43 Å². The minimum atomic E-state index is -0.0727. The number of nitrogens with one attached hydrogen (secondary N) is 1. The molecule has 3 rings (SSSR count). The summed E-state index contributed by atoms with van der Waals surface area (Å²) in [6.45, 7) is 0. The first-order valence-electron chi connectivity index (χ1n) is 5.16. The van der Waals surface area contributed by atoms with Crippen LogP contribution in [0.1, 0.15) is 5.56 Å². The van der Waals surface area contributed by atoms with Crippen molar-refractivity contribution in [2.75, 3.05) is 0 Å². The molecule has 0 amide bonds. The van der Waals surface area contributed by atoms with Crippen LogP contribution in [0.4, 0.5) is 0 Å². The Morgan fingerprint density at radius 1 is 1.24 bits per heavy atom. The molecule has 2 aromatic heterocycles. The van der Waals surface area contributed by atoms with Crippen molar-refractivity contribution in [3.8, 4) is 6.07 Å². The first-order valence-corrected chi connectivity index (χ1v) is 5.16. The number of nitrogens with zero attached hydrogens (tertiary/aromatic N) is 2. The molecule has 0 atom stereocenters. The van der Waals surface area contributed by atoms with E-state index in [9.17, 15) is 4.79 Å². The lowest BCUT2D eigenvalue weighted by Gasteiger charge is -1.96. The Morgan fingerprint density at radius 2 is 2.12 bits per heavy atom. The van der Waals surface area contributed by atoms with E-state index in [0.717, 1.165) is 5.52 Å². The number of hydrogen-bond acceptors (Lipinski definition) is 2. The molecule has 2 heterocycles. The van der Waals surface area contributed by atoms with Crippen molar-refractivity contribution in [1.82, 2.24) is 5.10 Å². The Hall–Kier alpha value is -2.67. The van der Waals surface area contributed by atoms with Crippen LogP contribution in [0.15, 0.2) is 47.4 Å². The van der Waals surface area contributed by atoms with E-state index in [1.807, 2.05) is 18.2 Å². The highest BCUT2D eigenvalue weighted by atomic mass is 16.1. The standard InChI is InChI=1S/C13H7N3O/c14-8-9-4-5-11-10(7-9)13(17)12-3-1-2-6-16(12)15-11/h1-7H/p+1. The molecule has 80 valence electrons. The SMILES string of the molecule is N#Cc1ccc2[nH][n+]3ccccc3c(=O)c2c1. The van der Waals surface area contributed by atoms with Gasteiger partial charge in [-0.15, -0.1) is 0 Å². The second-order valence-corrected chi connectivity index (χ2v) is 3.77. The van der Waals surface area contributed by atoms with Gasteiger partial charge >= 0.3 is 0 Å². The van der Waals surface area contributed by atoms with Gasteiger partial charge in [0.15, 0.2) is 0 Å². The molecular formula is C13H8N3O+. The zero-order valence-electron chi connectivity index (χ0n) is 8.84. The Bertz CT molecular complexity index is 827. The third-order valence-corrected chi connectivity index (χ3v) is 2.73. The lowest BCUT2D eigenvalue weighted by atomic mass is 10.1. The average Bonchev–Trinajstić information content (AvgIpc) is 2.39. The van der Waals surface area contributed by atoms with E-state index in [0.29, 0.717) is 16.5 Å². The molecule has 0 aliphatic rings. The van der Waals surface area contributed by atoms with Gasteiger partial charge in [0.2, 0.25) is 6.20 Å². The molecule has 0 aliphatic heterocycles. The fraction of sp³-hybridized carbons (Fsp3) is 0. The molecule has 4 heteroatoms. The van der Waals surface area contributed by atoms with Crippen molar-refractivity contribution in [2.24, 2.45) is 0 Å². The normalized spacial score (nSPS) is 10.5. The lowest BCUT2D eigenvalue weighted by Crippen LogP contribution is -2.32. The lowest BCUT2D eigenvalue weighted by molar-refractivity contribution is -0.578. The molecule has 0 unspecified atom stereocenters. The van der Waals surface area contributed by atoms with Crippen LogP contribution in [-0.2, 0) is 0 Å². The molecule has 0 fully saturated rings. The van der Waals surface area contributed by atoms with Crippen LogP contribution in [0.2, 0.25) is 0 Å². The number of H-pyrrole nitrogens is 1. The quantitative estimate of drug-likeness (QED) is 0.458. The molecular weight excluding hydrogens is 214 g/mol. The van der Waals surface area contributed by atoms with E-state index >= 15 is 0 Å². The highest BCUT2D eigenvalue weighted by molar-refractivity contribution is 5.81. The molecule has 17 heavy (non-hydrogen) atoms. The molecule has 1 aromatic carbocycles. The number of rotatable bonds is 0. The second kappa shape index (κ2) is 3.42. The highest BCUT2D eigenvalue weighted by Crippen LogP contribution is 2.09. The van der Waals surface area contributed by atoms with Crippen LogP contribution in [0.3, 0.4) is 0 Å². The van der Waals surface area contributed by atoms with Gasteiger partial charge in [0.1, 0.15) is 5.52 Å². The summed E-state index contributed by atoms with van der Waals surface area (Å²) in [5.41, 5.74) is 1.70. The van der Waals surface area contributed by atoms with E-state index in [1.54, 1.807) is 35.0 Å². The van der Waals surface area contributed by atoms with Crippen molar-refractivity contribution < 1.29 is 4.52 Å². The fourth-order valence-electron chi connectivity index (χ4n) is 1.89. The zero-order valence-corrected chi connectivity index (χ0v) is 8.84. The average molecular weight is 222 g/mol. The van der Waals surface area contributed by atoms with Gasteiger partial charge in [0.25, 0.3) is 10.9 Å². The minimum absolute atomic E-state index is 0.0727. The summed E-state index contributed by atoms with van der Waals surface area (Å²) in [5, 5.41) is 12.5. The Morgan fingerprint density at radius 3 is 2.94 bits per heavy atom. The van der Waals surface area contributed by atoms with Crippen LogP contribution in [-0.4, -0.2) is 5.10 Å². The second-order valence-electron chi connectivity index (χ2n) is 3.77. The monoisotopic (exact) mass is 222 g/mol. The fourth-order valence-corrected chi connectivity index (χ4v) is 1.89. The van der Waals surface area contributed by atoms with Gasteiger partial charge in [-0.2, -0.15) is 10.4 Å². The molecule has 0 aliphatic carbocycles. The van der Waals surface area contributed by atoms with Crippen LogP contribution in [0.25, 0.3) is 16.4 Å². The summed E-state index contributed by atoms with van der Waals surface area (Å²) in [6.07, 6.45) is 1.79. The van der Waals surface area contributed by atoms with E-state index < -0.39 is 0 Å². The van der Waals surface area contributed by atoms with Gasteiger partial charge in [0.05, 0.1) is 17.0 Å². The van der Waals surface area contributed by atoms with Crippen molar-refractivity contribution >= 4 is 16.4 Å². The number of nitriles is 1. The van der Waals surface area contributed by atoms with Crippen molar-refractivity contribution in [3.05, 3.63) is 58.4 Å². The smallest absolute Gasteiger partial charge is 0.282 e. The highest BCUT2D eigenvalue weighted by Gasteiger charge is 2.11. The molecule has 3 aromatic rings. The molecule has 0 radical (unpaired) electrons. The van der Waals surface area contributed by atoms with E-state index in [4.69, 9.17) is 5.26 Å². The first kappa shape index (κ1) is 9.55. The Labute approximate surface area is 96.3 Å². The summed E-state index contributed by atoms with van der Waals surface area (Å²) in [5.74, 6) is 0. The van der Waals surface area contributed by atoms with Gasteiger partial charge in [-0.1, -0.05) is 4.52 Å².